The second kappa shape index (κ2) is 7.23. The first kappa shape index (κ1) is 16.1. The zero-order valence-corrected chi connectivity index (χ0v) is 14.3. The van der Waals surface area contributed by atoms with Crippen molar-refractivity contribution in [3.8, 4) is 10.6 Å². The molecule has 0 saturated heterocycles. The lowest BCUT2D eigenvalue weighted by atomic mass is 10.2. The van der Waals surface area contributed by atoms with Gasteiger partial charge in [0.2, 0.25) is 0 Å². The van der Waals surface area contributed by atoms with Gasteiger partial charge in [0.15, 0.2) is 5.69 Å². The second-order valence-electron chi connectivity index (χ2n) is 5.46. The van der Waals surface area contributed by atoms with E-state index in [1.807, 2.05) is 30.3 Å². The number of nitrogens with one attached hydrogen (secondary N) is 2. The normalized spacial score (nSPS) is 10.8. The summed E-state index contributed by atoms with van der Waals surface area (Å²) in [5.41, 5.74) is 2.20. The van der Waals surface area contributed by atoms with E-state index in [0.717, 1.165) is 21.1 Å². The molecule has 3 heterocycles. The van der Waals surface area contributed by atoms with Crippen LogP contribution in [0.1, 0.15) is 21.1 Å². The van der Waals surface area contributed by atoms with Crippen LogP contribution in [0.3, 0.4) is 0 Å². The molecule has 4 aromatic rings. The Hall–Kier alpha value is -3.40. The molecular formula is C16H14N8OS. The number of H-pyrrole nitrogens is 1. The van der Waals surface area contributed by atoms with Gasteiger partial charge in [-0.1, -0.05) is 46.9 Å². The molecule has 0 fully saturated rings. The van der Waals surface area contributed by atoms with Crippen LogP contribution in [0.2, 0.25) is 0 Å². The van der Waals surface area contributed by atoms with Crippen molar-refractivity contribution < 1.29 is 4.79 Å². The molecule has 0 spiro atoms. The summed E-state index contributed by atoms with van der Waals surface area (Å²) in [6.07, 6.45) is 5.06. The molecule has 4 rings (SSSR count). The molecule has 1 aromatic carbocycles. The largest absolute Gasteiger partial charge is 0.344 e. The van der Waals surface area contributed by atoms with Crippen molar-refractivity contribution in [3.63, 3.8) is 0 Å². The molecule has 0 radical (unpaired) electrons. The topological polar surface area (TPSA) is 114 Å². The second-order valence-corrected chi connectivity index (χ2v) is 6.52. The molecule has 0 aliphatic carbocycles. The fourth-order valence-corrected chi connectivity index (χ4v) is 3.08. The number of rotatable bonds is 6. The SMILES string of the molecule is O=C(NCc1nnc(-c2ccccc2)s1)c1cn(Cc2cn[nH]c2)nn1. The van der Waals surface area contributed by atoms with Gasteiger partial charge in [-0.15, -0.1) is 15.3 Å². The smallest absolute Gasteiger partial charge is 0.273 e. The van der Waals surface area contributed by atoms with Gasteiger partial charge in [-0.25, -0.2) is 4.68 Å². The maximum Gasteiger partial charge on any atom is 0.273 e. The minimum Gasteiger partial charge on any atom is -0.344 e. The Balaban J connectivity index is 1.36. The van der Waals surface area contributed by atoms with Gasteiger partial charge in [-0.3, -0.25) is 9.89 Å². The van der Waals surface area contributed by atoms with Crippen molar-refractivity contribution in [3.05, 3.63) is 65.2 Å². The average Bonchev–Trinajstić information content (AvgIpc) is 3.43. The minimum atomic E-state index is -0.306. The van der Waals surface area contributed by atoms with Crippen LogP contribution in [-0.4, -0.2) is 41.3 Å². The summed E-state index contributed by atoms with van der Waals surface area (Å²) < 4.78 is 1.58. The summed E-state index contributed by atoms with van der Waals surface area (Å²) in [7, 11) is 0. The van der Waals surface area contributed by atoms with E-state index >= 15 is 0 Å². The summed E-state index contributed by atoms with van der Waals surface area (Å²) in [5, 5.41) is 27.1. The van der Waals surface area contributed by atoms with Gasteiger partial charge >= 0.3 is 0 Å². The molecule has 26 heavy (non-hydrogen) atoms. The molecule has 130 valence electrons. The van der Waals surface area contributed by atoms with E-state index in [0.29, 0.717) is 6.54 Å². The monoisotopic (exact) mass is 366 g/mol. The van der Waals surface area contributed by atoms with E-state index in [1.54, 1.807) is 23.3 Å². The number of hydrogen-bond acceptors (Lipinski definition) is 7. The lowest BCUT2D eigenvalue weighted by molar-refractivity contribution is 0.0945. The molecule has 10 heteroatoms. The van der Waals surface area contributed by atoms with Gasteiger partial charge in [0.25, 0.3) is 5.91 Å². The summed E-state index contributed by atoms with van der Waals surface area (Å²) in [6, 6.07) is 9.80. The molecule has 0 atom stereocenters. The van der Waals surface area contributed by atoms with E-state index in [2.05, 4.69) is 36.0 Å². The summed E-state index contributed by atoms with van der Waals surface area (Å²) >= 11 is 1.44. The Morgan fingerprint density at radius 1 is 1.19 bits per heavy atom. The predicted octanol–water partition coefficient (Wildman–Crippen LogP) is 1.50. The molecular weight excluding hydrogens is 352 g/mol. The highest BCUT2D eigenvalue weighted by atomic mass is 32.1. The number of aromatic amines is 1. The van der Waals surface area contributed by atoms with Gasteiger partial charge < -0.3 is 5.32 Å². The first-order chi connectivity index (χ1) is 12.8. The maximum atomic E-state index is 12.2. The van der Waals surface area contributed by atoms with E-state index in [1.165, 1.54) is 11.3 Å². The van der Waals surface area contributed by atoms with Gasteiger partial charge in [-0.2, -0.15) is 5.10 Å². The van der Waals surface area contributed by atoms with Crippen LogP contribution in [0.15, 0.2) is 48.9 Å². The van der Waals surface area contributed by atoms with E-state index in [4.69, 9.17) is 0 Å². The Morgan fingerprint density at radius 3 is 2.88 bits per heavy atom. The van der Waals surface area contributed by atoms with Gasteiger partial charge in [0.05, 0.1) is 25.5 Å². The number of amides is 1. The third-order valence-corrected chi connectivity index (χ3v) is 4.53. The van der Waals surface area contributed by atoms with Crippen molar-refractivity contribution in [1.29, 1.82) is 0 Å². The van der Waals surface area contributed by atoms with Crippen LogP contribution >= 0.6 is 11.3 Å². The van der Waals surface area contributed by atoms with E-state index in [9.17, 15) is 4.79 Å². The van der Waals surface area contributed by atoms with Crippen LogP contribution < -0.4 is 5.32 Å². The first-order valence-corrected chi connectivity index (χ1v) is 8.63. The van der Waals surface area contributed by atoms with E-state index in [-0.39, 0.29) is 18.1 Å². The van der Waals surface area contributed by atoms with Crippen LogP contribution in [0, 0.1) is 0 Å². The first-order valence-electron chi connectivity index (χ1n) is 7.82. The quantitative estimate of drug-likeness (QED) is 0.534. The maximum absolute atomic E-state index is 12.2. The Bertz CT molecular complexity index is 992. The van der Waals surface area contributed by atoms with Gasteiger partial charge in [0, 0.05) is 17.3 Å². The highest BCUT2D eigenvalue weighted by Crippen LogP contribution is 2.22. The fraction of sp³-hybridized carbons (Fsp3) is 0.125. The number of carbonyl (C=O) groups excluding carboxylic acids is 1. The van der Waals surface area contributed by atoms with Crippen LogP contribution in [0.5, 0.6) is 0 Å². The molecule has 9 nitrogen and oxygen atoms in total. The zero-order chi connectivity index (χ0) is 17.8. The molecule has 0 saturated carbocycles. The summed E-state index contributed by atoms with van der Waals surface area (Å²) in [6.45, 7) is 0.783. The molecule has 3 aromatic heterocycles. The average molecular weight is 366 g/mol. The van der Waals surface area contributed by atoms with Crippen LogP contribution in [-0.2, 0) is 13.1 Å². The number of carbonyl (C=O) groups is 1. The highest BCUT2D eigenvalue weighted by molar-refractivity contribution is 7.14. The Kier molecular flexibility index (Phi) is 4.48. The van der Waals surface area contributed by atoms with Crippen molar-refractivity contribution in [2.45, 2.75) is 13.1 Å². The fourth-order valence-electron chi connectivity index (χ4n) is 2.30. The third-order valence-electron chi connectivity index (χ3n) is 3.56. The van der Waals surface area contributed by atoms with Gasteiger partial charge in [-0.05, 0) is 0 Å². The molecule has 2 N–H and O–H groups in total. The zero-order valence-electron chi connectivity index (χ0n) is 13.5. The van der Waals surface area contributed by atoms with Crippen molar-refractivity contribution in [2.24, 2.45) is 0 Å². The van der Waals surface area contributed by atoms with E-state index < -0.39 is 0 Å². The summed E-state index contributed by atoms with van der Waals surface area (Å²) in [4.78, 5) is 12.2. The van der Waals surface area contributed by atoms with Crippen LogP contribution in [0.4, 0.5) is 0 Å². The number of benzene rings is 1. The molecule has 0 bridgehead atoms. The molecule has 1 amide bonds. The molecule has 0 unspecified atom stereocenters. The predicted molar refractivity (Wildman–Crippen MR) is 94.2 cm³/mol. The Morgan fingerprint density at radius 2 is 2.08 bits per heavy atom. The lowest BCUT2D eigenvalue weighted by Crippen LogP contribution is -2.23. The Labute approximate surface area is 152 Å². The van der Waals surface area contributed by atoms with Crippen molar-refractivity contribution >= 4 is 17.2 Å². The lowest BCUT2D eigenvalue weighted by Gasteiger charge is -1.98. The molecule has 0 aliphatic heterocycles. The highest BCUT2D eigenvalue weighted by Gasteiger charge is 2.13. The number of aromatic nitrogens is 7. The van der Waals surface area contributed by atoms with Crippen molar-refractivity contribution in [2.75, 3.05) is 0 Å². The standard InChI is InChI=1S/C16H14N8OS/c25-15(13-10-24(23-20-13)9-11-6-18-19-7-11)17-8-14-21-22-16(26-14)12-4-2-1-3-5-12/h1-7,10H,8-9H2,(H,17,25)(H,18,19). The minimum absolute atomic E-state index is 0.251. The summed E-state index contributed by atoms with van der Waals surface area (Å²) in [5.74, 6) is -0.306. The molecule has 0 aliphatic rings. The van der Waals surface area contributed by atoms with Crippen LogP contribution in [0.25, 0.3) is 10.6 Å². The van der Waals surface area contributed by atoms with Gasteiger partial charge in [0.1, 0.15) is 10.0 Å². The van der Waals surface area contributed by atoms with Crippen molar-refractivity contribution in [1.82, 2.24) is 40.7 Å². The number of nitrogens with zero attached hydrogens (tertiary/aromatic N) is 6. The third kappa shape index (κ3) is 3.64. The number of hydrogen-bond donors (Lipinski definition) is 2.